The van der Waals surface area contributed by atoms with Crippen molar-refractivity contribution in [1.82, 2.24) is 0 Å². The molecule has 0 aliphatic rings. The summed E-state index contributed by atoms with van der Waals surface area (Å²) in [6, 6.07) is 6.85. The minimum absolute atomic E-state index is 0.184. The topological polar surface area (TPSA) is 72.5 Å². The highest BCUT2D eigenvalue weighted by atomic mass is 16.5. The van der Waals surface area contributed by atoms with E-state index in [0.717, 1.165) is 12.0 Å². The Morgan fingerprint density at radius 2 is 1.88 bits per heavy atom. The normalized spacial score (nSPS) is 14.1. The van der Waals surface area contributed by atoms with Gasteiger partial charge in [-0.1, -0.05) is 31.2 Å². The Morgan fingerprint density at radius 3 is 2.35 bits per heavy atom. The van der Waals surface area contributed by atoms with E-state index in [-0.39, 0.29) is 6.61 Å². The molecule has 17 heavy (non-hydrogen) atoms. The average molecular weight is 237 g/mol. The van der Waals surface area contributed by atoms with Crippen molar-refractivity contribution in [3.63, 3.8) is 0 Å². The number of aryl methyl sites for hydroxylation is 1. The third kappa shape index (κ3) is 4.17. The maximum atomic E-state index is 11.4. The highest BCUT2D eigenvalue weighted by molar-refractivity contribution is 5.76. The van der Waals surface area contributed by atoms with Crippen LogP contribution in [0.4, 0.5) is 0 Å². The average Bonchev–Trinajstić information content (AvgIpc) is 2.35. The highest BCUT2D eigenvalue weighted by Gasteiger charge is 2.20. The van der Waals surface area contributed by atoms with Gasteiger partial charge in [0.2, 0.25) is 0 Å². The Balaban J connectivity index is 2.47. The van der Waals surface area contributed by atoms with Gasteiger partial charge in [-0.3, -0.25) is 4.79 Å². The molecule has 0 amide bonds. The second-order valence-electron chi connectivity index (χ2n) is 4.04. The van der Waals surface area contributed by atoms with Gasteiger partial charge in [0, 0.05) is 0 Å². The monoisotopic (exact) mass is 237 g/mol. The van der Waals surface area contributed by atoms with Crippen LogP contribution in [-0.4, -0.2) is 23.2 Å². The number of aliphatic hydroxyl groups excluding tert-OH is 1. The second-order valence-corrected chi connectivity index (χ2v) is 4.04. The third-order valence-corrected chi connectivity index (χ3v) is 2.60. The summed E-state index contributed by atoms with van der Waals surface area (Å²) in [5.74, 6) is -0.584. The van der Waals surface area contributed by atoms with Gasteiger partial charge in [0.05, 0.1) is 6.10 Å². The van der Waals surface area contributed by atoms with Crippen molar-refractivity contribution in [3.8, 4) is 0 Å². The summed E-state index contributed by atoms with van der Waals surface area (Å²) in [6.45, 7) is 3.72. The summed E-state index contributed by atoms with van der Waals surface area (Å²) in [6.07, 6.45) is 0.0810. The molecule has 2 unspecified atom stereocenters. The summed E-state index contributed by atoms with van der Waals surface area (Å²) in [5.41, 5.74) is 7.59. The molecule has 3 N–H and O–H groups in total. The van der Waals surface area contributed by atoms with E-state index in [1.54, 1.807) is 0 Å². The maximum absolute atomic E-state index is 11.4. The minimum atomic E-state index is -0.982. The summed E-state index contributed by atoms with van der Waals surface area (Å²) < 4.78 is 5.00. The Labute approximate surface area is 101 Å². The van der Waals surface area contributed by atoms with Crippen LogP contribution < -0.4 is 5.73 Å². The van der Waals surface area contributed by atoms with Crippen molar-refractivity contribution >= 4 is 5.97 Å². The number of benzene rings is 1. The van der Waals surface area contributed by atoms with Gasteiger partial charge in [-0.05, 0) is 24.5 Å². The molecule has 0 fully saturated rings. The lowest BCUT2D eigenvalue weighted by atomic mass is 10.1. The predicted molar refractivity (Wildman–Crippen MR) is 65.3 cm³/mol. The van der Waals surface area contributed by atoms with Gasteiger partial charge < -0.3 is 15.6 Å². The molecule has 94 valence electrons. The molecule has 0 saturated carbocycles. The maximum Gasteiger partial charge on any atom is 0.325 e. The molecule has 0 spiro atoms. The van der Waals surface area contributed by atoms with Gasteiger partial charge in [0.25, 0.3) is 0 Å². The number of esters is 1. The zero-order chi connectivity index (χ0) is 12.8. The van der Waals surface area contributed by atoms with Crippen LogP contribution >= 0.6 is 0 Å². The summed E-state index contributed by atoms with van der Waals surface area (Å²) in [5, 5.41) is 9.13. The van der Waals surface area contributed by atoms with Crippen LogP contribution in [0.15, 0.2) is 24.3 Å². The van der Waals surface area contributed by atoms with E-state index in [2.05, 4.69) is 6.92 Å². The summed E-state index contributed by atoms with van der Waals surface area (Å²) in [4.78, 5) is 11.4. The van der Waals surface area contributed by atoms with Crippen molar-refractivity contribution < 1.29 is 14.6 Å². The van der Waals surface area contributed by atoms with Crippen LogP contribution in [-0.2, 0) is 22.6 Å². The molecular formula is C13H19NO3. The number of rotatable bonds is 5. The van der Waals surface area contributed by atoms with Gasteiger partial charge in [0.15, 0.2) is 0 Å². The molecule has 2 atom stereocenters. The van der Waals surface area contributed by atoms with E-state index < -0.39 is 18.1 Å². The summed E-state index contributed by atoms with van der Waals surface area (Å²) in [7, 11) is 0. The van der Waals surface area contributed by atoms with E-state index in [1.165, 1.54) is 12.5 Å². The second kappa shape index (κ2) is 6.37. The van der Waals surface area contributed by atoms with Gasteiger partial charge >= 0.3 is 5.97 Å². The van der Waals surface area contributed by atoms with E-state index in [9.17, 15) is 4.79 Å². The van der Waals surface area contributed by atoms with Crippen LogP contribution in [0.25, 0.3) is 0 Å². The van der Waals surface area contributed by atoms with Crippen LogP contribution in [0.5, 0.6) is 0 Å². The first-order valence-corrected chi connectivity index (χ1v) is 5.72. The quantitative estimate of drug-likeness (QED) is 0.749. The molecule has 1 aromatic carbocycles. The SMILES string of the molecule is CCc1ccc(COC(=O)C(N)C(C)O)cc1. The lowest BCUT2D eigenvalue weighted by Gasteiger charge is -2.13. The molecule has 0 saturated heterocycles. The van der Waals surface area contributed by atoms with Gasteiger partial charge in [0.1, 0.15) is 12.6 Å². The number of hydrogen-bond acceptors (Lipinski definition) is 4. The minimum Gasteiger partial charge on any atom is -0.460 e. The van der Waals surface area contributed by atoms with Crippen molar-refractivity contribution in [2.24, 2.45) is 5.73 Å². The van der Waals surface area contributed by atoms with Crippen molar-refractivity contribution in [2.45, 2.75) is 39.0 Å². The number of carbonyl (C=O) groups is 1. The van der Waals surface area contributed by atoms with Crippen molar-refractivity contribution in [3.05, 3.63) is 35.4 Å². The fourth-order valence-electron chi connectivity index (χ4n) is 1.32. The molecule has 1 aromatic rings. The summed E-state index contributed by atoms with van der Waals surface area (Å²) >= 11 is 0. The van der Waals surface area contributed by atoms with Crippen LogP contribution in [0.3, 0.4) is 0 Å². The molecule has 4 heteroatoms. The molecule has 0 bridgehead atoms. The van der Waals surface area contributed by atoms with Crippen molar-refractivity contribution in [2.75, 3.05) is 0 Å². The zero-order valence-electron chi connectivity index (χ0n) is 10.2. The third-order valence-electron chi connectivity index (χ3n) is 2.60. The first-order chi connectivity index (χ1) is 8.04. The van der Waals surface area contributed by atoms with E-state index in [4.69, 9.17) is 15.6 Å². The number of nitrogens with two attached hydrogens (primary N) is 1. The number of carbonyl (C=O) groups excluding carboxylic acids is 1. The fraction of sp³-hybridized carbons (Fsp3) is 0.462. The molecule has 0 aromatic heterocycles. The standard InChI is InChI=1S/C13H19NO3/c1-3-10-4-6-11(7-5-10)8-17-13(16)12(14)9(2)15/h4-7,9,12,15H,3,8,14H2,1-2H3. The van der Waals surface area contributed by atoms with Crippen LogP contribution in [0.1, 0.15) is 25.0 Å². The Morgan fingerprint density at radius 1 is 1.35 bits per heavy atom. The molecule has 0 heterocycles. The Kier molecular flexibility index (Phi) is 5.12. The molecule has 1 rings (SSSR count). The first-order valence-electron chi connectivity index (χ1n) is 5.72. The predicted octanol–water partition coefficient (Wildman–Crippen LogP) is 1.00. The first kappa shape index (κ1) is 13.7. The number of hydrogen-bond donors (Lipinski definition) is 2. The lowest BCUT2D eigenvalue weighted by molar-refractivity contribution is -0.149. The molecule has 0 aliphatic carbocycles. The smallest absolute Gasteiger partial charge is 0.325 e. The molecule has 4 nitrogen and oxygen atoms in total. The zero-order valence-corrected chi connectivity index (χ0v) is 10.2. The molecule has 0 radical (unpaired) electrons. The largest absolute Gasteiger partial charge is 0.460 e. The lowest BCUT2D eigenvalue weighted by Crippen LogP contribution is -2.41. The number of ether oxygens (including phenoxy) is 1. The Hall–Kier alpha value is -1.39. The van der Waals surface area contributed by atoms with Crippen molar-refractivity contribution in [1.29, 1.82) is 0 Å². The van der Waals surface area contributed by atoms with Crippen LogP contribution in [0.2, 0.25) is 0 Å². The highest BCUT2D eigenvalue weighted by Crippen LogP contribution is 2.07. The van der Waals surface area contributed by atoms with Crippen LogP contribution in [0, 0.1) is 0 Å². The van der Waals surface area contributed by atoms with E-state index in [1.807, 2.05) is 24.3 Å². The Bertz CT molecular complexity index is 359. The number of aliphatic hydroxyl groups is 1. The molecule has 0 aliphatic heterocycles. The van der Waals surface area contributed by atoms with E-state index in [0.29, 0.717) is 0 Å². The van der Waals surface area contributed by atoms with Gasteiger partial charge in [-0.25, -0.2) is 0 Å². The van der Waals surface area contributed by atoms with Gasteiger partial charge in [-0.2, -0.15) is 0 Å². The van der Waals surface area contributed by atoms with E-state index >= 15 is 0 Å². The fourth-order valence-corrected chi connectivity index (χ4v) is 1.32. The molecular weight excluding hydrogens is 218 g/mol. The van der Waals surface area contributed by atoms with Gasteiger partial charge in [-0.15, -0.1) is 0 Å².